The smallest absolute Gasteiger partial charge is 0.413 e. The van der Waals surface area contributed by atoms with Crippen LogP contribution in [0.2, 0.25) is 0 Å². The number of carbonyl (C=O) groups excluding carboxylic acids is 3. The van der Waals surface area contributed by atoms with Crippen molar-refractivity contribution in [2.45, 2.75) is 20.0 Å². The van der Waals surface area contributed by atoms with Gasteiger partial charge in [0, 0.05) is 0 Å². The van der Waals surface area contributed by atoms with E-state index in [4.69, 9.17) is 9.47 Å². The molecule has 7 heteroatoms. The molecule has 0 aromatic heterocycles. The van der Waals surface area contributed by atoms with Crippen LogP contribution in [0.25, 0.3) is 0 Å². The molecule has 1 N–H and O–H groups in total. The van der Waals surface area contributed by atoms with Crippen LogP contribution in [-0.2, 0) is 19.1 Å². The second-order valence-electron chi connectivity index (χ2n) is 3.95. The molecule has 0 bridgehead atoms. The van der Waals surface area contributed by atoms with Crippen LogP contribution in [0.15, 0.2) is 30.3 Å². The van der Waals surface area contributed by atoms with Crippen molar-refractivity contribution in [2.75, 3.05) is 13.2 Å². The molecule has 1 unspecified atom stereocenters. The summed E-state index contributed by atoms with van der Waals surface area (Å²) < 4.78 is 14.6. The number of alkyl carbamates (subject to hydrolysis) is 1. The molecule has 1 aromatic rings. The minimum Gasteiger partial charge on any atom is -0.479 e. The quantitative estimate of drug-likeness (QED) is 0.795. The van der Waals surface area contributed by atoms with Crippen molar-refractivity contribution in [3.63, 3.8) is 0 Å². The number of rotatable bonds is 6. The van der Waals surface area contributed by atoms with Crippen molar-refractivity contribution < 1.29 is 28.6 Å². The van der Waals surface area contributed by atoms with Crippen LogP contribution in [0.1, 0.15) is 13.8 Å². The van der Waals surface area contributed by atoms with Gasteiger partial charge in [-0.1, -0.05) is 18.2 Å². The van der Waals surface area contributed by atoms with Gasteiger partial charge in [-0.25, -0.2) is 9.59 Å². The highest BCUT2D eigenvalue weighted by Crippen LogP contribution is 2.11. The Morgan fingerprint density at radius 1 is 1.14 bits per heavy atom. The Labute approximate surface area is 122 Å². The average Bonchev–Trinajstić information content (AvgIpc) is 2.46. The van der Waals surface area contributed by atoms with Crippen molar-refractivity contribution in [1.29, 1.82) is 0 Å². The van der Waals surface area contributed by atoms with E-state index in [0.29, 0.717) is 5.75 Å². The molecule has 1 atom stereocenters. The Kier molecular flexibility index (Phi) is 6.73. The number of para-hydroxylation sites is 1. The maximum atomic E-state index is 11.6. The molecule has 114 valence electrons. The number of esters is 1. The molecule has 1 rings (SSSR count). The van der Waals surface area contributed by atoms with Crippen LogP contribution in [0.4, 0.5) is 4.79 Å². The van der Waals surface area contributed by atoms with E-state index in [0.717, 1.165) is 0 Å². The van der Waals surface area contributed by atoms with Gasteiger partial charge in [0.05, 0.1) is 6.61 Å². The first kappa shape index (κ1) is 16.5. The summed E-state index contributed by atoms with van der Waals surface area (Å²) in [5, 5.41) is 1.91. The van der Waals surface area contributed by atoms with E-state index in [9.17, 15) is 14.4 Å². The lowest BCUT2D eigenvalue weighted by Crippen LogP contribution is -2.36. The van der Waals surface area contributed by atoms with Crippen LogP contribution in [-0.4, -0.2) is 37.3 Å². The molecule has 21 heavy (non-hydrogen) atoms. The van der Waals surface area contributed by atoms with Gasteiger partial charge < -0.3 is 14.2 Å². The summed E-state index contributed by atoms with van der Waals surface area (Å²) in [7, 11) is 0. The van der Waals surface area contributed by atoms with Crippen LogP contribution in [0.5, 0.6) is 5.75 Å². The monoisotopic (exact) mass is 295 g/mol. The first-order valence-corrected chi connectivity index (χ1v) is 6.38. The van der Waals surface area contributed by atoms with E-state index in [1.807, 2.05) is 11.4 Å². The predicted molar refractivity (Wildman–Crippen MR) is 72.7 cm³/mol. The van der Waals surface area contributed by atoms with Gasteiger partial charge in [0.15, 0.2) is 12.7 Å². The number of carbonyl (C=O) groups is 3. The number of nitrogens with one attached hydrogen (secondary N) is 1. The second-order valence-corrected chi connectivity index (χ2v) is 3.95. The molecule has 1 aromatic carbocycles. The molecule has 0 aliphatic heterocycles. The molecular formula is C14H17NO6. The van der Waals surface area contributed by atoms with E-state index in [2.05, 4.69) is 4.74 Å². The van der Waals surface area contributed by atoms with Gasteiger partial charge in [0.1, 0.15) is 5.75 Å². The van der Waals surface area contributed by atoms with Crippen molar-refractivity contribution in [1.82, 2.24) is 5.32 Å². The Morgan fingerprint density at radius 2 is 1.81 bits per heavy atom. The molecule has 0 aliphatic carbocycles. The third-order valence-corrected chi connectivity index (χ3v) is 2.25. The molecule has 0 spiro atoms. The molecule has 0 heterocycles. The highest BCUT2D eigenvalue weighted by Gasteiger charge is 2.18. The van der Waals surface area contributed by atoms with Crippen molar-refractivity contribution in [3.05, 3.63) is 30.3 Å². The fraction of sp³-hybridized carbons (Fsp3) is 0.357. The van der Waals surface area contributed by atoms with Crippen LogP contribution < -0.4 is 10.1 Å². The average molecular weight is 295 g/mol. The van der Waals surface area contributed by atoms with Crippen LogP contribution in [0.3, 0.4) is 0 Å². The van der Waals surface area contributed by atoms with Crippen molar-refractivity contribution in [3.8, 4) is 5.75 Å². The number of ether oxygens (including phenoxy) is 3. The Bertz CT molecular complexity index is 487. The van der Waals surface area contributed by atoms with Gasteiger partial charge >= 0.3 is 12.1 Å². The van der Waals surface area contributed by atoms with E-state index < -0.39 is 30.7 Å². The first-order valence-electron chi connectivity index (χ1n) is 6.38. The maximum Gasteiger partial charge on any atom is 0.413 e. The van der Waals surface area contributed by atoms with E-state index in [1.165, 1.54) is 6.92 Å². The number of hydrogen-bond donors (Lipinski definition) is 1. The summed E-state index contributed by atoms with van der Waals surface area (Å²) in [6.07, 6.45) is -1.75. The molecule has 0 radical (unpaired) electrons. The summed E-state index contributed by atoms with van der Waals surface area (Å²) in [6.45, 7) is 2.66. The summed E-state index contributed by atoms with van der Waals surface area (Å²) in [6, 6.07) is 8.73. The molecule has 0 saturated heterocycles. The number of benzene rings is 1. The minimum absolute atomic E-state index is 0.140. The third kappa shape index (κ3) is 6.42. The molecule has 7 nitrogen and oxygen atoms in total. The maximum absolute atomic E-state index is 11.6. The molecule has 0 fully saturated rings. The number of hydrogen-bond acceptors (Lipinski definition) is 6. The zero-order valence-corrected chi connectivity index (χ0v) is 11.8. The fourth-order valence-corrected chi connectivity index (χ4v) is 1.32. The summed E-state index contributed by atoms with van der Waals surface area (Å²) in [5.41, 5.74) is 0. The van der Waals surface area contributed by atoms with Crippen molar-refractivity contribution in [2.24, 2.45) is 0 Å². The van der Waals surface area contributed by atoms with Gasteiger partial charge in [-0.2, -0.15) is 0 Å². The molecule has 0 aliphatic rings. The Hall–Kier alpha value is -2.57. The standard InChI is InChI=1S/C14H17NO6/c1-3-19-14(18)15-12(16)9-20-13(17)10(2)21-11-7-5-4-6-8-11/h4-8,10H,3,9H2,1-2H3,(H,15,16,18). The topological polar surface area (TPSA) is 90.9 Å². The lowest BCUT2D eigenvalue weighted by molar-refractivity contribution is -0.154. The van der Waals surface area contributed by atoms with E-state index >= 15 is 0 Å². The lowest BCUT2D eigenvalue weighted by Gasteiger charge is -2.13. The minimum atomic E-state index is -0.882. The number of amides is 2. The largest absolute Gasteiger partial charge is 0.479 e. The third-order valence-electron chi connectivity index (χ3n) is 2.25. The molecule has 0 saturated carbocycles. The van der Waals surface area contributed by atoms with E-state index in [1.54, 1.807) is 31.2 Å². The SMILES string of the molecule is CCOC(=O)NC(=O)COC(=O)C(C)Oc1ccccc1. The molecule has 2 amide bonds. The number of imide groups is 1. The van der Waals surface area contributed by atoms with Gasteiger partial charge in [0.2, 0.25) is 0 Å². The van der Waals surface area contributed by atoms with Crippen LogP contribution in [0, 0.1) is 0 Å². The predicted octanol–water partition coefficient (Wildman–Crippen LogP) is 1.27. The zero-order valence-electron chi connectivity index (χ0n) is 11.8. The van der Waals surface area contributed by atoms with Gasteiger partial charge in [-0.05, 0) is 26.0 Å². The summed E-state index contributed by atoms with van der Waals surface area (Å²) in [5.74, 6) is -0.968. The van der Waals surface area contributed by atoms with Gasteiger partial charge in [-0.15, -0.1) is 0 Å². The van der Waals surface area contributed by atoms with Gasteiger partial charge in [0.25, 0.3) is 5.91 Å². The fourth-order valence-electron chi connectivity index (χ4n) is 1.32. The highest BCUT2D eigenvalue weighted by atomic mass is 16.6. The highest BCUT2D eigenvalue weighted by molar-refractivity contribution is 5.93. The second kappa shape index (κ2) is 8.57. The zero-order chi connectivity index (χ0) is 15.7. The van der Waals surface area contributed by atoms with Crippen LogP contribution >= 0.6 is 0 Å². The Balaban J connectivity index is 2.32. The van der Waals surface area contributed by atoms with Gasteiger partial charge in [-0.3, -0.25) is 10.1 Å². The van der Waals surface area contributed by atoms with E-state index in [-0.39, 0.29) is 6.61 Å². The molecular weight excluding hydrogens is 278 g/mol. The summed E-state index contributed by atoms with van der Waals surface area (Å²) in [4.78, 5) is 33.9. The Morgan fingerprint density at radius 3 is 2.43 bits per heavy atom. The van der Waals surface area contributed by atoms with Crippen molar-refractivity contribution >= 4 is 18.0 Å². The first-order chi connectivity index (χ1) is 10.0. The normalized spacial score (nSPS) is 11.1. The lowest BCUT2D eigenvalue weighted by atomic mass is 10.3. The summed E-state index contributed by atoms with van der Waals surface area (Å²) >= 11 is 0.